The molecule has 2 aromatic carbocycles. The summed E-state index contributed by atoms with van der Waals surface area (Å²) in [5.41, 5.74) is 12.0. The number of benzene rings is 2. The van der Waals surface area contributed by atoms with E-state index in [9.17, 15) is 16.8 Å². The van der Waals surface area contributed by atoms with Crippen molar-refractivity contribution in [2.45, 2.75) is 16.7 Å². The summed E-state index contributed by atoms with van der Waals surface area (Å²) in [4.78, 5) is 4.20. The second-order valence-electron chi connectivity index (χ2n) is 6.59. The van der Waals surface area contributed by atoms with E-state index in [2.05, 4.69) is 4.98 Å². The summed E-state index contributed by atoms with van der Waals surface area (Å²) in [6.45, 7) is 1.43. The fourth-order valence-corrected chi connectivity index (χ4v) is 6.07. The molecule has 4 N–H and O–H groups in total. The Labute approximate surface area is 175 Å². The number of aryl methyl sites for hydroxylation is 1. The van der Waals surface area contributed by atoms with Crippen LogP contribution >= 0.6 is 0 Å². The smallest absolute Gasteiger partial charge is 0.264 e. The van der Waals surface area contributed by atoms with Crippen LogP contribution in [0.1, 0.15) is 5.56 Å². The Morgan fingerprint density at radius 1 is 1.03 bits per heavy atom. The van der Waals surface area contributed by atoms with Gasteiger partial charge < -0.3 is 11.5 Å². The van der Waals surface area contributed by atoms with Crippen molar-refractivity contribution in [3.05, 3.63) is 72.7 Å². The van der Waals surface area contributed by atoms with E-state index in [1.165, 1.54) is 24.4 Å². The summed E-state index contributed by atoms with van der Waals surface area (Å²) >= 11 is 0. The number of fused-ring (bicyclic) bond motifs is 1. The molecule has 158 valence electrons. The number of nitrogens with two attached hydrogens (primary N) is 2. The van der Waals surface area contributed by atoms with Crippen LogP contribution in [0.15, 0.2) is 76.9 Å². The van der Waals surface area contributed by atoms with Gasteiger partial charge in [0.15, 0.2) is 9.84 Å². The second-order valence-corrected chi connectivity index (χ2v) is 10.6. The minimum Gasteiger partial charge on any atom is -0.403 e. The van der Waals surface area contributed by atoms with Gasteiger partial charge in [0.1, 0.15) is 5.82 Å². The van der Waals surface area contributed by atoms with Crippen LogP contribution in [0.2, 0.25) is 0 Å². The van der Waals surface area contributed by atoms with Gasteiger partial charge in [0.2, 0.25) is 0 Å². The highest BCUT2D eigenvalue weighted by Gasteiger charge is 2.27. The van der Waals surface area contributed by atoms with Gasteiger partial charge in [0.05, 0.1) is 15.5 Å². The van der Waals surface area contributed by atoms with Crippen molar-refractivity contribution >= 4 is 36.5 Å². The zero-order valence-electron chi connectivity index (χ0n) is 16.3. The highest BCUT2D eigenvalue weighted by Crippen LogP contribution is 2.31. The Balaban J connectivity index is 2.03. The van der Waals surface area contributed by atoms with Crippen LogP contribution in [0, 0.1) is 6.92 Å². The van der Waals surface area contributed by atoms with E-state index < -0.39 is 25.6 Å². The van der Waals surface area contributed by atoms with E-state index in [4.69, 9.17) is 11.5 Å². The minimum absolute atomic E-state index is 0.00168. The lowest BCUT2D eigenvalue weighted by Crippen LogP contribution is -2.31. The standard InChI is InChI=1S/C20H22N4O4S2/c1-15-14-23-20(22)17-8-5-9-18(19(15)17)30(27,28)24(11-10-21)12-13-29(25,26)16-6-3-2-4-7-16/h2-11,14H,12-13,21H2,1H3,(H2,22,23). The lowest BCUT2D eigenvalue weighted by molar-refractivity contribution is 0.509. The maximum atomic E-state index is 13.4. The van der Waals surface area contributed by atoms with E-state index in [0.717, 1.165) is 16.7 Å². The third-order valence-corrected chi connectivity index (χ3v) is 8.14. The van der Waals surface area contributed by atoms with Gasteiger partial charge >= 0.3 is 0 Å². The SMILES string of the molecule is Cc1cnc(N)c2cccc(S(=O)(=O)N(C=CN)CCS(=O)(=O)c3ccccc3)c12. The first-order chi connectivity index (χ1) is 14.2. The van der Waals surface area contributed by atoms with E-state index in [0.29, 0.717) is 16.3 Å². The molecule has 0 aliphatic heterocycles. The largest absolute Gasteiger partial charge is 0.403 e. The number of rotatable bonds is 7. The van der Waals surface area contributed by atoms with Gasteiger partial charge in [-0.25, -0.2) is 21.8 Å². The van der Waals surface area contributed by atoms with Crippen molar-refractivity contribution in [3.8, 4) is 0 Å². The number of nitrogens with zero attached hydrogens (tertiary/aromatic N) is 2. The molecule has 3 rings (SSSR count). The molecule has 0 radical (unpaired) electrons. The molecule has 0 spiro atoms. The number of nitrogen functional groups attached to an aromatic ring is 1. The Morgan fingerprint density at radius 3 is 2.40 bits per heavy atom. The summed E-state index contributed by atoms with van der Waals surface area (Å²) < 4.78 is 53.0. The van der Waals surface area contributed by atoms with Crippen LogP contribution in [0.25, 0.3) is 10.8 Å². The Bertz CT molecular complexity index is 1310. The number of sulfonamides is 1. The van der Waals surface area contributed by atoms with Gasteiger partial charge in [-0.05, 0) is 30.7 Å². The lowest BCUT2D eigenvalue weighted by Gasteiger charge is -2.22. The Hall–Kier alpha value is -3.11. The summed E-state index contributed by atoms with van der Waals surface area (Å²) in [6.07, 6.45) is 3.70. The molecular formula is C20H22N4O4S2. The molecule has 0 bridgehead atoms. The molecule has 0 amide bonds. The normalized spacial score (nSPS) is 12.4. The number of sulfone groups is 1. The first-order valence-corrected chi connectivity index (χ1v) is 12.1. The molecule has 30 heavy (non-hydrogen) atoms. The number of hydrogen-bond acceptors (Lipinski definition) is 7. The average molecular weight is 447 g/mol. The topological polar surface area (TPSA) is 136 Å². The predicted octanol–water partition coefficient (Wildman–Crippen LogP) is 2.02. The molecule has 1 heterocycles. The van der Waals surface area contributed by atoms with Crippen molar-refractivity contribution in [2.24, 2.45) is 5.73 Å². The van der Waals surface area contributed by atoms with Crippen molar-refractivity contribution < 1.29 is 16.8 Å². The van der Waals surface area contributed by atoms with Crippen LogP contribution < -0.4 is 11.5 Å². The predicted molar refractivity (Wildman–Crippen MR) is 117 cm³/mol. The molecule has 8 nitrogen and oxygen atoms in total. The Morgan fingerprint density at radius 2 is 1.73 bits per heavy atom. The third-order valence-electron chi connectivity index (χ3n) is 4.62. The maximum absolute atomic E-state index is 13.4. The van der Waals surface area contributed by atoms with Gasteiger partial charge in [0.25, 0.3) is 10.0 Å². The fraction of sp³-hybridized carbons (Fsp3) is 0.150. The van der Waals surface area contributed by atoms with Gasteiger partial charge in [0, 0.05) is 35.9 Å². The molecule has 0 saturated carbocycles. The summed E-state index contributed by atoms with van der Waals surface area (Å²) in [5.74, 6) is -0.200. The fourth-order valence-electron chi connectivity index (χ4n) is 3.12. The van der Waals surface area contributed by atoms with E-state index >= 15 is 0 Å². The number of aromatic nitrogens is 1. The molecule has 0 aliphatic carbocycles. The van der Waals surface area contributed by atoms with Gasteiger partial charge in [-0.3, -0.25) is 4.31 Å². The van der Waals surface area contributed by atoms with Crippen LogP contribution in [0.5, 0.6) is 0 Å². The molecule has 1 aromatic heterocycles. The average Bonchev–Trinajstić information content (AvgIpc) is 2.74. The molecule has 10 heteroatoms. The molecule has 3 aromatic rings. The molecule has 0 saturated heterocycles. The maximum Gasteiger partial charge on any atom is 0.264 e. The lowest BCUT2D eigenvalue weighted by atomic mass is 10.1. The van der Waals surface area contributed by atoms with Crippen LogP contribution in [-0.2, 0) is 19.9 Å². The summed E-state index contributed by atoms with van der Waals surface area (Å²) in [6, 6.07) is 12.6. The zero-order valence-corrected chi connectivity index (χ0v) is 17.9. The third kappa shape index (κ3) is 4.10. The second kappa shape index (κ2) is 8.33. The zero-order chi connectivity index (χ0) is 21.9. The van der Waals surface area contributed by atoms with Crippen molar-refractivity contribution in [3.63, 3.8) is 0 Å². The summed E-state index contributed by atoms with van der Waals surface area (Å²) in [7, 11) is -7.80. The Kier molecular flexibility index (Phi) is 5.99. The summed E-state index contributed by atoms with van der Waals surface area (Å²) in [5, 5.41) is 0.941. The monoisotopic (exact) mass is 446 g/mol. The molecule has 0 fully saturated rings. The van der Waals surface area contributed by atoms with Crippen LogP contribution in [-0.4, -0.2) is 38.4 Å². The van der Waals surface area contributed by atoms with E-state index in [1.807, 2.05) is 0 Å². The van der Waals surface area contributed by atoms with Gasteiger partial charge in [-0.1, -0.05) is 30.3 Å². The van der Waals surface area contributed by atoms with Gasteiger partial charge in [-0.2, -0.15) is 0 Å². The first-order valence-electron chi connectivity index (χ1n) is 9.00. The number of pyridine rings is 1. The van der Waals surface area contributed by atoms with Crippen LogP contribution in [0.4, 0.5) is 5.82 Å². The first kappa shape index (κ1) is 21.6. The molecule has 0 aliphatic rings. The highest BCUT2D eigenvalue weighted by atomic mass is 32.2. The molecule has 0 unspecified atom stereocenters. The van der Waals surface area contributed by atoms with Crippen molar-refractivity contribution in [1.29, 1.82) is 0 Å². The number of hydrogen-bond donors (Lipinski definition) is 2. The molecule has 0 atom stereocenters. The van der Waals surface area contributed by atoms with Crippen LogP contribution in [0.3, 0.4) is 0 Å². The van der Waals surface area contributed by atoms with Crippen molar-refractivity contribution in [2.75, 3.05) is 18.0 Å². The van der Waals surface area contributed by atoms with Crippen molar-refractivity contribution in [1.82, 2.24) is 9.29 Å². The minimum atomic E-state index is -4.11. The van der Waals surface area contributed by atoms with Gasteiger partial charge in [-0.15, -0.1) is 0 Å². The number of anilines is 1. The highest BCUT2D eigenvalue weighted by molar-refractivity contribution is 7.91. The van der Waals surface area contributed by atoms with E-state index in [-0.39, 0.29) is 22.2 Å². The quantitative estimate of drug-likeness (QED) is 0.566. The van der Waals surface area contributed by atoms with E-state index in [1.54, 1.807) is 37.3 Å². The molecular weight excluding hydrogens is 424 g/mol.